The van der Waals surface area contributed by atoms with Crippen LogP contribution < -0.4 is 4.74 Å². The first-order chi connectivity index (χ1) is 9.79. The van der Waals surface area contributed by atoms with Crippen LogP contribution in [0.4, 0.5) is 0 Å². The standard InChI is InChI=1S/C16H23NO3.ClH/c1-2-12-19-15-7-5-14(6-8-15)16(18)20-13-11-17-9-3-4-10-17;/h5-8H,2-4,9-13H2,1H3;1H. The van der Waals surface area contributed by atoms with Gasteiger partial charge in [-0.3, -0.25) is 4.90 Å². The number of ether oxygens (including phenoxy) is 2. The van der Waals surface area contributed by atoms with Gasteiger partial charge < -0.3 is 9.47 Å². The minimum atomic E-state index is -0.258. The second-order valence-corrected chi connectivity index (χ2v) is 5.06. The van der Waals surface area contributed by atoms with E-state index >= 15 is 0 Å². The first-order valence-corrected chi connectivity index (χ1v) is 7.42. The molecule has 1 fully saturated rings. The maximum absolute atomic E-state index is 11.9. The quantitative estimate of drug-likeness (QED) is 0.725. The fourth-order valence-corrected chi connectivity index (χ4v) is 2.26. The Morgan fingerprint density at radius 2 is 1.81 bits per heavy atom. The molecular formula is C16H24ClNO3. The van der Waals surface area contributed by atoms with Crippen molar-refractivity contribution in [1.29, 1.82) is 0 Å². The molecule has 0 aromatic heterocycles. The number of rotatable bonds is 7. The summed E-state index contributed by atoms with van der Waals surface area (Å²) < 4.78 is 10.8. The fourth-order valence-electron chi connectivity index (χ4n) is 2.26. The van der Waals surface area contributed by atoms with E-state index in [0.29, 0.717) is 18.8 Å². The van der Waals surface area contributed by atoms with Gasteiger partial charge >= 0.3 is 5.97 Å². The van der Waals surface area contributed by atoms with Crippen LogP contribution >= 0.6 is 12.4 Å². The monoisotopic (exact) mass is 313 g/mol. The molecule has 1 saturated heterocycles. The maximum atomic E-state index is 11.9. The van der Waals surface area contributed by atoms with Gasteiger partial charge in [-0.25, -0.2) is 4.79 Å². The molecule has 0 amide bonds. The van der Waals surface area contributed by atoms with E-state index in [2.05, 4.69) is 11.8 Å². The van der Waals surface area contributed by atoms with Crippen LogP contribution in [0, 0.1) is 0 Å². The minimum absolute atomic E-state index is 0. The summed E-state index contributed by atoms with van der Waals surface area (Å²) >= 11 is 0. The van der Waals surface area contributed by atoms with E-state index in [4.69, 9.17) is 9.47 Å². The van der Waals surface area contributed by atoms with Crippen molar-refractivity contribution < 1.29 is 14.3 Å². The molecule has 4 nitrogen and oxygen atoms in total. The molecule has 2 rings (SSSR count). The van der Waals surface area contributed by atoms with Gasteiger partial charge in [0.1, 0.15) is 12.4 Å². The van der Waals surface area contributed by atoms with Crippen molar-refractivity contribution in [2.45, 2.75) is 26.2 Å². The van der Waals surface area contributed by atoms with E-state index in [1.165, 1.54) is 12.8 Å². The number of carbonyl (C=O) groups is 1. The van der Waals surface area contributed by atoms with Gasteiger partial charge in [0.05, 0.1) is 12.2 Å². The Kier molecular flexibility index (Phi) is 8.16. The van der Waals surface area contributed by atoms with E-state index in [9.17, 15) is 4.79 Å². The largest absolute Gasteiger partial charge is 0.494 e. The highest BCUT2D eigenvalue weighted by atomic mass is 35.5. The summed E-state index contributed by atoms with van der Waals surface area (Å²) in [7, 11) is 0. The van der Waals surface area contributed by atoms with Gasteiger partial charge in [0.15, 0.2) is 0 Å². The van der Waals surface area contributed by atoms with Crippen LogP contribution in [0.25, 0.3) is 0 Å². The molecule has 0 bridgehead atoms. The van der Waals surface area contributed by atoms with Gasteiger partial charge in [-0.05, 0) is 56.6 Å². The molecule has 1 aromatic rings. The molecule has 1 aliphatic heterocycles. The smallest absolute Gasteiger partial charge is 0.338 e. The number of hydrogen-bond acceptors (Lipinski definition) is 4. The van der Waals surface area contributed by atoms with Gasteiger partial charge in [0.2, 0.25) is 0 Å². The molecular weight excluding hydrogens is 290 g/mol. The normalized spacial score (nSPS) is 14.5. The van der Waals surface area contributed by atoms with Crippen LogP contribution in [0.1, 0.15) is 36.5 Å². The third kappa shape index (κ3) is 5.94. The fraction of sp³-hybridized carbons (Fsp3) is 0.562. The number of carbonyl (C=O) groups excluding carboxylic acids is 1. The third-order valence-electron chi connectivity index (χ3n) is 3.40. The van der Waals surface area contributed by atoms with Crippen molar-refractivity contribution in [2.24, 2.45) is 0 Å². The number of likely N-dealkylation sites (tertiary alicyclic amines) is 1. The van der Waals surface area contributed by atoms with E-state index < -0.39 is 0 Å². The Labute approximate surface area is 132 Å². The summed E-state index contributed by atoms with van der Waals surface area (Å²) in [6.45, 7) is 6.31. The molecule has 0 N–H and O–H groups in total. The second-order valence-electron chi connectivity index (χ2n) is 5.06. The van der Waals surface area contributed by atoms with E-state index in [1.54, 1.807) is 12.1 Å². The van der Waals surface area contributed by atoms with Crippen molar-refractivity contribution in [3.63, 3.8) is 0 Å². The predicted octanol–water partition coefficient (Wildman–Crippen LogP) is 3.15. The molecule has 5 heteroatoms. The Morgan fingerprint density at radius 3 is 2.43 bits per heavy atom. The molecule has 21 heavy (non-hydrogen) atoms. The molecule has 0 unspecified atom stereocenters. The third-order valence-corrected chi connectivity index (χ3v) is 3.40. The zero-order valence-electron chi connectivity index (χ0n) is 12.5. The summed E-state index contributed by atoms with van der Waals surface area (Å²) in [5.74, 6) is 0.534. The minimum Gasteiger partial charge on any atom is -0.494 e. The van der Waals surface area contributed by atoms with Crippen LogP contribution in [-0.2, 0) is 4.74 Å². The lowest BCUT2D eigenvalue weighted by Crippen LogP contribution is -2.25. The van der Waals surface area contributed by atoms with Crippen LogP contribution in [0.5, 0.6) is 5.75 Å². The van der Waals surface area contributed by atoms with E-state index in [-0.39, 0.29) is 18.4 Å². The molecule has 0 atom stereocenters. The average Bonchev–Trinajstić information content (AvgIpc) is 2.99. The van der Waals surface area contributed by atoms with Crippen molar-refractivity contribution >= 4 is 18.4 Å². The zero-order valence-corrected chi connectivity index (χ0v) is 13.4. The average molecular weight is 314 g/mol. The molecule has 0 radical (unpaired) electrons. The Balaban J connectivity index is 0.00000220. The van der Waals surface area contributed by atoms with Crippen LogP contribution in [-0.4, -0.2) is 43.7 Å². The number of nitrogens with zero attached hydrogens (tertiary/aromatic N) is 1. The molecule has 1 aliphatic rings. The SMILES string of the molecule is CCCOc1ccc(C(=O)OCCN2CCCC2)cc1.Cl. The summed E-state index contributed by atoms with van der Waals surface area (Å²) in [4.78, 5) is 14.2. The molecule has 1 heterocycles. The molecule has 0 aliphatic carbocycles. The molecule has 1 aromatic carbocycles. The summed E-state index contributed by atoms with van der Waals surface area (Å²) in [6.07, 6.45) is 3.49. The van der Waals surface area contributed by atoms with Crippen molar-refractivity contribution in [1.82, 2.24) is 4.90 Å². The van der Waals surface area contributed by atoms with Gasteiger partial charge in [-0.2, -0.15) is 0 Å². The lowest BCUT2D eigenvalue weighted by Gasteiger charge is -2.14. The van der Waals surface area contributed by atoms with Crippen LogP contribution in [0.2, 0.25) is 0 Å². The van der Waals surface area contributed by atoms with Crippen LogP contribution in [0.15, 0.2) is 24.3 Å². The first kappa shape index (κ1) is 17.8. The van der Waals surface area contributed by atoms with Crippen LogP contribution in [0.3, 0.4) is 0 Å². The van der Waals surface area contributed by atoms with Crippen molar-refractivity contribution in [3.8, 4) is 5.75 Å². The van der Waals surface area contributed by atoms with Gasteiger partial charge in [-0.1, -0.05) is 6.92 Å². The van der Waals surface area contributed by atoms with E-state index in [1.807, 2.05) is 12.1 Å². The highest BCUT2D eigenvalue weighted by molar-refractivity contribution is 5.89. The molecule has 118 valence electrons. The predicted molar refractivity (Wildman–Crippen MR) is 85.4 cm³/mol. The first-order valence-electron chi connectivity index (χ1n) is 7.42. The highest BCUT2D eigenvalue weighted by Crippen LogP contribution is 2.13. The van der Waals surface area contributed by atoms with Crippen molar-refractivity contribution in [3.05, 3.63) is 29.8 Å². The van der Waals surface area contributed by atoms with Gasteiger partial charge in [-0.15, -0.1) is 12.4 Å². The van der Waals surface area contributed by atoms with Crippen molar-refractivity contribution in [2.75, 3.05) is 32.8 Å². The van der Waals surface area contributed by atoms with E-state index in [0.717, 1.165) is 31.8 Å². The topological polar surface area (TPSA) is 38.8 Å². The number of esters is 1. The summed E-state index contributed by atoms with van der Waals surface area (Å²) in [6, 6.07) is 7.13. The lowest BCUT2D eigenvalue weighted by molar-refractivity contribution is 0.0472. The highest BCUT2D eigenvalue weighted by Gasteiger charge is 2.12. The van der Waals surface area contributed by atoms with Gasteiger partial charge in [0.25, 0.3) is 0 Å². The Bertz CT molecular complexity index is 416. The Hall–Kier alpha value is -1.26. The summed E-state index contributed by atoms with van der Waals surface area (Å²) in [5.41, 5.74) is 0.579. The number of halogens is 1. The second kappa shape index (κ2) is 9.64. The Morgan fingerprint density at radius 1 is 1.14 bits per heavy atom. The zero-order chi connectivity index (χ0) is 14.2. The maximum Gasteiger partial charge on any atom is 0.338 e. The van der Waals surface area contributed by atoms with Gasteiger partial charge in [0, 0.05) is 6.54 Å². The molecule has 0 saturated carbocycles. The number of benzene rings is 1. The number of hydrogen-bond donors (Lipinski definition) is 0. The summed E-state index contributed by atoms with van der Waals surface area (Å²) in [5, 5.41) is 0. The molecule has 0 spiro atoms. The lowest BCUT2D eigenvalue weighted by atomic mass is 10.2.